The van der Waals surface area contributed by atoms with Crippen molar-refractivity contribution in [2.24, 2.45) is 0 Å². The molecule has 2 aromatic rings. The lowest BCUT2D eigenvalue weighted by Crippen LogP contribution is -2.21. The average Bonchev–Trinajstić information content (AvgIpc) is 2.95. The Bertz CT molecular complexity index is 726. The zero-order chi connectivity index (χ0) is 17.9. The largest absolute Gasteiger partial charge is 0.490 e. The second-order valence-electron chi connectivity index (χ2n) is 6.17. The minimum absolute atomic E-state index is 0.134. The number of hydrogen-bond acceptors (Lipinski definition) is 5. The standard InChI is InChI=1S/C16H21N5O3/c1-10(2)12-6-5-7-13(11(3)4)15(12)18-14(22)8-20-9-17-16(19-20)21(23)24/h5-7,9-11H,8H2,1-4H3,(H,18,22). The molecule has 8 nitrogen and oxygen atoms in total. The van der Waals surface area contributed by atoms with Gasteiger partial charge in [-0.1, -0.05) is 50.9 Å². The summed E-state index contributed by atoms with van der Waals surface area (Å²) in [6, 6.07) is 5.97. The summed E-state index contributed by atoms with van der Waals surface area (Å²) in [5, 5.41) is 17.2. The van der Waals surface area contributed by atoms with Crippen molar-refractivity contribution < 1.29 is 9.72 Å². The maximum Gasteiger partial charge on any atom is 0.490 e. The Balaban J connectivity index is 2.22. The van der Waals surface area contributed by atoms with Gasteiger partial charge in [0.05, 0.1) is 0 Å². The van der Waals surface area contributed by atoms with Crippen LogP contribution < -0.4 is 5.32 Å². The van der Waals surface area contributed by atoms with Gasteiger partial charge in [-0.05, 0) is 27.9 Å². The molecule has 128 valence electrons. The predicted octanol–water partition coefficient (Wildman–Crippen LogP) is 3.07. The number of rotatable bonds is 6. The van der Waals surface area contributed by atoms with E-state index in [0.29, 0.717) is 0 Å². The second-order valence-corrected chi connectivity index (χ2v) is 6.17. The van der Waals surface area contributed by atoms with Crippen molar-refractivity contribution in [3.63, 3.8) is 0 Å². The lowest BCUT2D eigenvalue weighted by atomic mass is 9.92. The molecule has 0 radical (unpaired) electrons. The molecular formula is C16H21N5O3. The van der Waals surface area contributed by atoms with Gasteiger partial charge in [0.1, 0.15) is 6.54 Å². The molecule has 0 aliphatic carbocycles. The topological polar surface area (TPSA) is 103 Å². The number of aromatic nitrogens is 3. The van der Waals surface area contributed by atoms with Crippen molar-refractivity contribution in [2.45, 2.75) is 46.1 Å². The van der Waals surface area contributed by atoms with Crippen LogP contribution in [0.2, 0.25) is 0 Å². The smallest absolute Gasteiger partial charge is 0.390 e. The summed E-state index contributed by atoms with van der Waals surface area (Å²) in [6.07, 6.45) is 1.18. The van der Waals surface area contributed by atoms with Gasteiger partial charge >= 0.3 is 5.95 Å². The molecule has 0 aliphatic heterocycles. The number of benzene rings is 1. The van der Waals surface area contributed by atoms with Crippen molar-refractivity contribution in [3.05, 3.63) is 45.8 Å². The van der Waals surface area contributed by atoms with Crippen molar-refractivity contribution in [2.75, 3.05) is 5.32 Å². The van der Waals surface area contributed by atoms with E-state index < -0.39 is 10.9 Å². The lowest BCUT2D eigenvalue weighted by Gasteiger charge is -2.20. The van der Waals surface area contributed by atoms with E-state index in [1.165, 1.54) is 6.33 Å². The third-order valence-corrected chi connectivity index (χ3v) is 3.63. The molecule has 1 amide bonds. The fourth-order valence-electron chi connectivity index (χ4n) is 2.47. The van der Waals surface area contributed by atoms with Gasteiger partial charge in [0.15, 0.2) is 0 Å². The second kappa shape index (κ2) is 7.20. The predicted molar refractivity (Wildman–Crippen MR) is 89.9 cm³/mol. The Morgan fingerprint density at radius 2 is 1.83 bits per heavy atom. The highest BCUT2D eigenvalue weighted by atomic mass is 16.6. The monoisotopic (exact) mass is 331 g/mol. The first-order valence-electron chi connectivity index (χ1n) is 7.76. The summed E-state index contributed by atoms with van der Waals surface area (Å²) < 4.78 is 1.15. The Labute approximate surface area is 140 Å². The van der Waals surface area contributed by atoms with E-state index in [2.05, 4.69) is 43.1 Å². The highest BCUT2D eigenvalue weighted by molar-refractivity contribution is 5.92. The van der Waals surface area contributed by atoms with Crippen LogP contribution in [0.15, 0.2) is 24.5 Å². The molecule has 24 heavy (non-hydrogen) atoms. The number of carbonyl (C=O) groups is 1. The molecule has 0 spiro atoms. The molecule has 1 heterocycles. The van der Waals surface area contributed by atoms with E-state index in [0.717, 1.165) is 21.5 Å². The van der Waals surface area contributed by atoms with E-state index in [1.807, 2.05) is 18.2 Å². The van der Waals surface area contributed by atoms with Gasteiger partial charge in [-0.15, -0.1) is 0 Å². The minimum atomic E-state index is -0.695. The van der Waals surface area contributed by atoms with Crippen LogP contribution in [0, 0.1) is 10.1 Å². The van der Waals surface area contributed by atoms with E-state index in [9.17, 15) is 14.9 Å². The van der Waals surface area contributed by atoms with Gasteiger partial charge in [0.2, 0.25) is 12.2 Å². The number of amides is 1. The first-order valence-corrected chi connectivity index (χ1v) is 7.76. The quantitative estimate of drug-likeness (QED) is 0.647. The lowest BCUT2D eigenvalue weighted by molar-refractivity contribution is -0.394. The zero-order valence-electron chi connectivity index (χ0n) is 14.2. The number of nitro groups is 1. The number of nitrogens with one attached hydrogen (secondary N) is 1. The zero-order valence-corrected chi connectivity index (χ0v) is 14.2. The molecule has 0 unspecified atom stereocenters. The van der Waals surface area contributed by atoms with Crippen molar-refractivity contribution >= 4 is 17.5 Å². The molecule has 0 saturated heterocycles. The highest BCUT2D eigenvalue weighted by Gasteiger charge is 2.18. The third-order valence-electron chi connectivity index (χ3n) is 3.63. The number of anilines is 1. The number of para-hydroxylation sites is 1. The van der Waals surface area contributed by atoms with E-state index in [1.54, 1.807) is 0 Å². The highest BCUT2D eigenvalue weighted by Crippen LogP contribution is 2.32. The Hall–Kier alpha value is -2.77. The van der Waals surface area contributed by atoms with Crippen LogP contribution in [-0.4, -0.2) is 25.6 Å². The Morgan fingerprint density at radius 1 is 1.25 bits per heavy atom. The van der Waals surface area contributed by atoms with Crippen molar-refractivity contribution in [1.82, 2.24) is 14.8 Å². The van der Waals surface area contributed by atoms with Crippen molar-refractivity contribution in [1.29, 1.82) is 0 Å². The van der Waals surface area contributed by atoms with Crippen LogP contribution >= 0.6 is 0 Å². The molecule has 1 aromatic heterocycles. The molecule has 0 fully saturated rings. The van der Waals surface area contributed by atoms with Gasteiger partial charge in [0, 0.05) is 10.8 Å². The molecular weight excluding hydrogens is 310 g/mol. The van der Waals surface area contributed by atoms with Crippen LogP contribution in [0.1, 0.15) is 50.7 Å². The van der Waals surface area contributed by atoms with Gasteiger partial charge < -0.3 is 15.4 Å². The van der Waals surface area contributed by atoms with Gasteiger partial charge in [-0.2, -0.15) is 4.68 Å². The van der Waals surface area contributed by atoms with Gasteiger partial charge in [-0.3, -0.25) is 4.79 Å². The fraction of sp³-hybridized carbons (Fsp3) is 0.438. The summed E-state index contributed by atoms with van der Waals surface area (Å²) in [7, 11) is 0. The summed E-state index contributed by atoms with van der Waals surface area (Å²) in [6.45, 7) is 8.13. The van der Waals surface area contributed by atoms with E-state index in [-0.39, 0.29) is 24.3 Å². The molecule has 0 atom stereocenters. The fourth-order valence-corrected chi connectivity index (χ4v) is 2.47. The van der Waals surface area contributed by atoms with Crippen LogP contribution in [0.5, 0.6) is 0 Å². The molecule has 2 rings (SSSR count). The summed E-state index contributed by atoms with van der Waals surface area (Å²) in [4.78, 5) is 25.8. The SMILES string of the molecule is CC(C)c1cccc(C(C)C)c1NC(=O)Cn1cnc([N+](=O)[O-])n1. The molecule has 1 N–H and O–H groups in total. The first kappa shape index (κ1) is 17.6. The van der Waals surface area contributed by atoms with Crippen LogP contribution in [-0.2, 0) is 11.3 Å². The van der Waals surface area contributed by atoms with Crippen LogP contribution in [0.25, 0.3) is 0 Å². The third kappa shape index (κ3) is 3.95. The molecule has 0 aliphatic rings. The average molecular weight is 331 g/mol. The number of carbonyl (C=O) groups excluding carboxylic acids is 1. The Morgan fingerprint density at radius 3 is 2.29 bits per heavy atom. The summed E-state index contributed by atoms with van der Waals surface area (Å²) in [5.74, 6) is -0.309. The van der Waals surface area contributed by atoms with Gasteiger partial charge in [-0.25, -0.2) is 0 Å². The number of hydrogen-bond donors (Lipinski definition) is 1. The van der Waals surface area contributed by atoms with E-state index in [4.69, 9.17) is 0 Å². The first-order chi connectivity index (χ1) is 11.3. The minimum Gasteiger partial charge on any atom is -0.390 e. The van der Waals surface area contributed by atoms with Crippen LogP contribution in [0.4, 0.5) is 11.6 Å². The van der Waals surface area contributed by atoms with Crippen LogP contribution in [0.3, 0.4) is 0 Å². The summed E-state index contributed by atoms with van der Waals surface area (Å²) in [5.41, 5.74) is 2.92. The van der Waals surface area contributed by atoms with Gasteiger partial charge in [0.25, 0.3) is 0 Å². The number of nitrogens with zero attached hydrogens (tertiary/aromatic N) is 4. The Kier molecular flexibility index (Phi) is 5.28. The molecule has 0 saturated carbocycles. The van der Waals surface area contributed by atoms with Crippen molar-refractivity contribution in [3.8, 4) is 0 Å². The maximum atomic E-state index is 12.3. The summed E-state index contributed by atoms with van der Waals surface area (Å²) >= 11 is 0. The van der Waals surface area contributed by atoms with E-state index >= 15 is 0 Å². The normalized spacial score (nSPS) is 11.1. The molecule has 1 aromatic carbocycles. The molecule has 0 bridgehead atoms. The molecule has 8 heteroatoms. The maximum absolute atomic E-state index is 12.3.